The first-order valence-electron chi connectivity index (χ1n) is 9.19. The zero-order chi connectivity index (χ0) is 22.8. The van der Waals surface area contributed by atoms with Crippen molar-refractivity contribution in [3.05, 3.63) is 46.6 Å². The Morgan fingerprint density at radius 3 is 2.68 bits per heavy atom. The molecule has 0 bridgehead atoms. The first-order chi connectivity index (χ1) is 14.6. The van der Waals surface area contributed by atoms with E-state index < -0.39 is 38.9 Å². The molecule has 1 aliphatic rings. The van der Waals surface area contributed by atoms with Crippen LogP contribution in [0.5, 0.6) is 11.5 Å². The van der Waals surface area contributed by atoms with Crippen molar-refractivity contribution in [3.63, 3.8) is 0 Å². The van der Waals surface area contributed by atoms with Crippen LogP contribution in [0.1, 0.15) is 23.2 Å². The summed E-state index contributed by atoms with van der Waals surface area (Å²) in [4.78, 5) is 18.0. The van der Waals surface area contributed by atoms with Crippen LogP contribution in [0.3, 0.4) is 0 Å². The molecule has 2 heterocycles. The summed E-state index contributed by atoms with van der Waals surface area (Å²) in [7, 11) is -2.30. The number of ether oxygens (including phenoxy) is 2. The lowest BCUT2D eigenvalue weighted by atomic mass is 10.1. The first-order valence-corrected chi connectivity index (χ1v) is 11.5. The van der Waals surface area contributed by atoms with E-state index >= 15 is 0 Å². The molecule has 0 saturated carbocycles. The average molecular weight is 476 g/mol. The van der Waals surface area contributed by atoms with Crippen molar-refractivity contribution in [2.24, 2.45) is 0 Å². The molecule has 0 unspecified atom stereocenters. The Hall–Kier alpha value is -2.50. The molecule has 0 radical (unpaired) electrons. The Labute approximate surface area is 183 Å². The predicted molar refractivity (Wildman–Crippen MR) is 110 cm³/mol. The molecule has 2 aromatic rings. The molecule has 3 rings (SSSR count). The van der Waals surface area contributed by atoms with E-state index in [-0.39, 0.29) is 16.9 Å². The maximum Gasteiger partial charge on any atom is 0.267 e. The highest BCUT2D eigenvalue weighted by Gasteiger charge is 2.23. The van der Waals surface area contributed by atoms with Crippen LogP contribution in [0, 0.1) is 11.6 Å². The summed E-state index contributed by atoms with van der Waals surface area (Å²) >= 11 is 6.32. The van der Waals surface area contributed by atoms with Gasteiger partial charge >= 0.3 is 0 Å². The predicted octanol–water partition coefficient (Wildman–Crippen LogP) is 3.11. The maximum absolute atomic E-state index is 14.4. The SMILES string of the molecule is CO[C@@H]1CCCN(c2ncc(Oc3cc(F)c(C(=O)NS(C)(=O)=O)cc3F)cc2Cl)C1. The smallest absolute Gasteiger partial charge is 0.267 e. The highest BCUT2D eigenvalue weighted by atomic mass is 35.5. The van der Waals surface area contributed by atoms with Crippen LogP contribution in [0.4, 0.5) is 14.6 Å². The molecule has 1 aromatic carbocycles. The Morgan fingerprint density at radius 1 is 1.29 bits per heavy atom. The number of nitrogens with zero attached hydrogens (tertiary/aromatic N) is 2. The quantitative estimate of drug-likeness (QED) is 0.685. The maximum atomic E-state index is 14.4. The second-order valence-corrected chi connectivity index (χ2v) is 9.15. The molecular formula is C19H20ClF2N3O5S. The van der Waals surface area contributed by atoms with E-state index in [1.54, 1.807) is 11.8 Å². The molecule has 1 N–H and O–H groups in total. The van der Waals surface area contributed by atoms with Crippen molar-refractivity contribution in [2.45, 2.75) is 18.9 Å². The van der Waals surface area contributed by atoms with E-state index in [0.717, 1.165) is 25.6 Å². The average Bonchev–Trinajstić information content (AvgIpc) is 2.69. The molecule has 31 heavy (non-hydrogen) atoms. The van der Waals surface area contributed by atoms with Gasteiger partial charge in [0.25, 0.3) is 5.91 Å². The summed E-state index contributed by atoms with van der Waals surface area (Å²) in [5.74, 6) is -3.46. The molecule has 168 valence electrons. The largest absolute Gasteiger partial charge is 0.452 e. The molecule has 8 nitrogen and oxygen atoms in total. The third-order valence-electron chi connectivity index (χ3n) is 4.58. The minimum absolute atomic E-state index is 0.0562. The Balaban J connectivity index is 1.79. The van der Waals surface area contributed by atoms with Gasteiger partial charge in [-0.15, -0.1) is 0 Å². The number of carbonyl (C=O) groups excluding carboxylic acids is 1. The number of pyridine rings is 1. The van der Waals surface area contributed by atoms with Crippen LogP contribution in [0.25, 0.3) is 0 Å². The Kier molecular flexibility index (Phi) is 6.97. The summed E-state index contributed by atoms with van der Waals surface area (Å²) in [5, 5.41) is 0.263. The van der Waals surface area contributed by atoms with Crippen molar-refractivity contribution in [1.82, 2.24) is 9.71 Å². The third-order valence-corrected chi connectivity index (χ3v) is 5.41. The van der Waals surface area contributed by atoms with Gasteiger partial charge in [0, 0.05) is 32.3 Å². The topological polar surface area (TPSA) is 97.8 Å². The number of piperidine rings is 1. The second-order valence-electron chi connectivity index (χ2n) is 6.99. The van der Waals surface area contributed by atoms with Gasteiger partial charge in [0.15, 0.2) is 11.6 Å². The van der Waals surface area contributed by atoms with Gasteiger partial charge < -0.3 is 14.4 Å². The zero-order valence-electron chi connectivity index (χ0n) is 16.7. The van der Waals surface area contributed by atoms with Gasteiger partial charge in [0.2, 0.25) is 10.0 Å². The number of carbonyl (C=O) groups is 1. The number of amides is 1. The molecule has 1 fully saturated rings. The van der Waals surface area contributed by atoms with Crippen LogP contribution in [-0.4, -0.2) is 51.9 Å². The highest BCUT2D eigenvalue weighted by molar-refractivity contribution is 7.89. The van der Waals surface area contributed by atoms with E-state index in [0.29, 0.717) is 24.5 Å². The van der Waals surface area contributed by atoms with Crippen LogP contribution in [-0.2, 0) is 14.8 Å². The van der Waals surface area contributed by atoms with Crippen molar-refractivity contribution in [2.75, 3.05) is 31.4 Å². The number of rotatable bonds is 6. The third kappa shape index (κ3) is 5.81. The fourth-order valence-corrected chi connectivity index (χ4v) is 3.88. The van der Waals surface area contributed by atoms with Crippen molar-refractivity contribution in [3.8, 4) is 11.5 Å². The minimum atomic E-state index is -3.94. The van der Waals surface area contributed by atoms with Crippen LogP contribution in [0.15, 0.2) is 24.4 Å². The summed E-state index contributed by atoms with van der Waals surface area (Å²) in [6, 6.07) is 2.61. The summed E-state index contributed by atoms with van der Waals surface area (Å²) in [6.07, 6.45) is 3.96. The molecule has 1 atom stereocenters. The zero-order valence-corrected chi connectivity index (χ0v) is 18.3. The summed E-state index contributed by atoms with van der Waals surface area (Å²) in [6.45, 7) is 1.38. The first kappa shape index (κ1) is 23.2. The van der Waals surface area contributed by atoms with Crippen molar-refractivity contribution in [1.29, 1.82) is 0 Å². The number of anilines is 1. The van der Waals surface area contributed by atoms with Gasteiger partial charge in [-0.3, -0.25) is 4.79 Å². The Morgan fingerprint density at radius 2 is 2.03 bits per heavy atom. The summed E-state index contributed by atoms with van der Waals surface area (Å²) in [5.41, 5.74) is -0.778. The minimum Gasteiger partial charge on any atom is -0.452 e. The number of sulfonamides is 1. The van der Waals surface area contributed by atoms with E-state index in [1.807, 2.05) is 4.90 Å². The molecule has 1 amide bonds. The van der Waals surface area contributed by atoms with Gasteiger partial charge in [-0.25, -0.2) is 26.9 Å². The number of halogens is 3. The monoisotopic (exact) mass is 475 g/mol. The van der Waals surface area contributed by atoms with Crippen molar-refractivity contribution < 1.29 is 31.5 Å². The fraction of sp³-hybridized carbons (Fsp3) is 0.368. The fourth-order valence-electron chi connectivity index (χ4n) is 3.16. The molecule has 0 spiro atoms. The lowest BCUT2D eigenvalue weighted by Gasteiger charge is -2.33. The number of benzene rings is 1. The number of hydrogen-bond donors (Lipinski definition) is 1. The standard InChI is InChI=1S/C19H20ClF2N3O5S/c1-29-11-4-3-5-25(10-11)18-14(20)6-12(9-23-18)30-17-8-15(21)13(7-16(17)22)19(26)24-31(2,27)28/h6-9,11H,3-5,10H2,1-2H3,(H,24,26)/t11-/m1/s1. The van der Waals surface area contributed by atoms with Crippen LogP contribution >= 0.6 is 11.6 Å². The van der Waals surface area contributed by atoms with Crippen molar-refractivity contribution >= 4 is 33.3 Å². The van der Waals surface area contributed by atoms with E-state index in [9.17, 15) is 22.0 Å². The van der Waals surface area contributed by atoms with Gasteiger partial charge in [-0.1, -0.05) is 11.6 Å². The number of hydrogen-bond acceptors (Lipinski definition) is 7. The van der Waals surface area contributed by atoms with E-state index in [2.05, 4.69) is 4.98 Å². The van der Waals surface area contributed by atoms with Gasteiger partial charge in [0.05, 0.1) is 29.1 Å². The number of methoxy groups -OCH3 is 1. The molecule has 12 heteroatoms. The molecular weight excluding hydrogens is 456 g/mol. The van der Waals surface area contributed by atoms with Gasteiger partial charge in [-0.05, 0) is 18.9 Å². The van der Waals surface area contributed by atoms with Gasteiger partial charge in [0.1, 0.15) is 17.4 Å². The molecule has 1 aromatic heterocycles. The van der Waals surface area contributed by atoms with Crippen LogP contribution < -0.4 is 14.4 Å². The number of aromatic nitrogens is 1. The molecule has 0 aliphatic carbocycles. The van der Waals surface area contributed by atoms with Crippen LogP contribution in [0.2, 0.25) is 5.02 Å². The summed E-state index contributed by atoms with van der Waals surface area (Å²) < 4.78 is 63.2. The van der Waals surface area contributed by atoms with E-state index in [1.165, 1.54) is 12.3 Å². The molecule has 1 saturated heterocycles. The van der Waals surface area contributed by atoms with Gasteiger partial charge in [-0.2, -0.15) is 0 Å². The molecule has 1 aliphatic heterocycles. The second kappa shape index (κ2) is 9.33. The number of nitrogens with one attached hydrogen (secondary N) is 1. The lowest BCUT2D eigenvalue weighted by Crippen LogP contribution is -2.39. The van der Waals surface area contributed by atoms with E-state index in [4.69, 9.17) is 21.1 Å². The Bertz CT molecular complexity index is 1100. The highest BCUT2D eigenvalue weighted by Crippen LogP contribution is 2.33. The lowest BCUT2D eigenvalue weighted by molar-refractivity contribution is 0.0891. The normalized spacial score (nSPS) is 16.8.